The van der Waals surface area contributed by atoms with E-state index in [1.165, 1.54) is 19.3 Å². The van der Waals surface area contributed by atoms with Crippen molar-refractivity contribution >= 4 is 11.9 Å². The van der Waals surface area contributed by atoms with E-state index in [4.69, 9.17) is 14.2 Å². The molecule has 6 heteroatoms. The SMILES string of the molecule is CCOC(=O)C1CCN(C[C@@H]2C(=O)O[C@@H]3C[C@@]4(C)CCC[C@H](C)[C@@]45O[C@@H]5[C@H]23)CC1. The molecule has 162 valence electrons. The summed E-state index contributed by atoms with van der Waals surface area (Å²) in [6.45, 7) is 9.41. The van der Waals surface area contributed by atoms with Crippen LogP contribution < -0.4 is 0 Å². The minimum Gasteiger partial charge on any atom is -0.466 e. The molecule has 0 aromatic carbocycles. The second kappa shape index (κ2) is 6.94. The number of carbonyl (C=O) groups is 2. The molecular weight excluding hydrogens is 370 g/mol. The molecule has 0 N–H and O–H groups in total. The second-order valence-electron chi connectivity index (χ2n) is 10.4. The van der Waals surface area contributed by atoms with Crippen LogP contribution in [0.1, 0.15) is 59.3 Å². The summed E-state index contributed by atoms with van der Waals surface area (Å²) in [4.78, 5) is 27.2. The fourth-order valence-electron chi connectivity index (χ4n) is 7.33. The van der Waals surface area contributed by atoms with E-state index in [2.05, 4.69) is 18.7 Å². The fraction of sp³-hybridized carbons (Fsp3) is 0.913. The Morgan fingerprint density at radius 2 is 2.03 bits per heavy atom. The molecule has 0 bridgehead atoms. The Hall–Kier alpha value is -1.14. The molecule has 5 fully saturated rings. The Morgan fingerprint density at radius 1 is 1.28 bits per heavy atom. The maximum Gasteiger partial charge on any atom is 0.311 e. The highest BCUT2D eigenvalue weighted by molar-refractivity contribution is 5.76. The molecule has 3 heterocycles. The molecule has 0 aromatic heterocycles. The highest BCUT2D eigenvalue weighted by atomic mass is 16.6. The van der Waals surface area contributed by atoms with Gasteiger partial charge in [0.2, 0.25) is 0 Å². The maximum atomic E-state index is 12.8. The Bertz CT molecular complexity index is 689. The molecule has 2 saturated carbocycles. The van der Waals surface area contributed by atoms with Gasteiger partial charge in [0.15, 0.2) is 0 Å². The topological polar surface area (TPSA) is 68.4 Å². The van der Waals surface area contributed by atoms with Gasteiger partial charge >= 0.3 is 11.9 Å². The Kier molecular flexibility index (Phi) is 4.74. The van der Waals surface area contributed by atoms with Crippen LogP contribution >= 0.6 is 0 Å². The van der Waals surface area contributed by atoms with E-state index in [0.717, 1.165) is 38.9 Å². The van der Waals surface area contributed by atoms with E-state index >= 15 is 0 Å². The lowest BCUT2D eigenvalue weighted by Gasteiger charge is -2.49. The minimum atomic E-state index is -0.0952. The number of ether oxygens (including phenoxy) is 3. The summed E-state index contributed by atoms with van der Waals surface area (Å²) in [6.07, 6.45) is 6.42. The first-order valence-corrected chi connectivity index (χ1v) is 11.7. The summed E-state index contributed by atoms with van der Waals surface area (Å²) < 4.78 is 17.6. The average Bonchev–Trinajstić information content (AvgIpc) is 3.37. The predicted octanol–water partition coefficient (Wildman–Crippen LogP) is 2.79. The van der Waals surface area contributed by atoms with E-state index in [0.29, 0.717) is 12.5 Å². The number of fused-ring (bicyclic) bond motifs is 2. The highest BCUT2D eigenvalue weighted by Gasteiger charge is 2.78. The van der Waals surface area contributed by atoms with E-state index < -0.39 is 0 Å². The normalized spacial score (nSPS) is 47.0. The molecule has 29 heavy (non-hydrogen) atoms. The van der Waals surface area contributed by atoms with E-state index in [9.17, 15) is 9.59 Å². The first-order chi connectivity index (χ1) is 13.9. The molecule has 6 nitrogen and oxygen atoms in total. The van der Waals surface area contributed by atoms with Crippen LogP contribution in [0.25, 0.3) is 0 Å². The summed E-state index contributed by atoms with van der Waals surface area (Å²) in [5, 5.41) is 0. The van der Waals surface area contributed by atoms with Gasteiger partial charge in [0.1, 0.15) is 11.7 Å². The first kappa shape index (κ1) is 19.8. The number of hydrogen-bond donors (Lipinski definition) is 0. The average molecular weight is 406 g/mol. The Balaban J connectivity index is 1.26. The molecule has 5 aliphatic rings. The van der Waals surface area contributed by atoms with E-state index in [1.807, 2.05) is 6.92 Å². The quantitative estimate of drug-likeness (QED) is 0.529. The van der Waals surface area contributed by atoms with Crippen LogP contribution in [0.2, 0.25) is 0 Å². The van der Waals surface area contributed by atoms with Gasteiger partial charge < -0.3 is 19.1 Å². The molecule has 7 atom stereocenters. The summed E-state index contributed by atoms with van der Waals surface area (Å²) in [6, 6.07) is 0. The van der Waals surface area contributed by atoms with Crippen LogP contribution in [0.4, 0.5) is 0 Å². The number of likely N-dealkylation sites (tertiary alicyclic amines) is 1. The zero-order valence-corrected chi connectivity index (χ0v) is 18.0. The highest BCUT2D eigenvalue weighted by Crippen LogP contribution is 2.70. The fourth-order valence-corrected chi connectivity index (χ4v) is 7.33. The largest absolute Gasteiger partial charge is 0.466 e. The third-order valence-corrected chi connectivity index (χ3v) is 8.86. The third kappa shape index (κ3) is 2.88. The molecular formula is C23H35NO5. The predicted molar refractivity (Wildman–Crippen MR) is 106 cm³/mol. The number of nitrogens with zero attached hydrogens (tertiary/aromatic N) is 1. The smallest absolute Gasteiger partial charge is 0.311 e. The van der Waals surface area contributed by atoms with Crippen LogP contribution in [-0.2, 0) is 23.8 Å². The summed E-state index contributed by atoms with van der Waals surface area (Å²) in [7, 11) is 0. The van der Waals surface area contributed by atoms with Crippen LogP contribution in [0.3, 0.4) is 0 Å². The lowest BCUT2D eigenvalue weighted by atomic mass is 9.53. The molecule has 0 unspecified atom stereocenters. The number of hydrogen-bond acceptors (Lipinski definition) is 6. The van der Waals surface area contributed by atoms with Crippen molar-refractivity contribution in [3.63, 3.8) is 0 Å². The molecule has 0 radical (unpaired) electrons. The van der Waals surface area contributed by atoms with Crippen LogP contribution in [0.15, 0.2) is 0 Å². The maximum absolute atomic E-state index is 12.8. The molecule has 2 aliphatic carbocycles. The standard InChI is InChI=1S/C23H35NO5/c1-4-27-20(25)15-7-10-24(11-8-15)13-16-18-17(28-21(16)26)12-22(3)9-5-6-14(2)23(22)19(18)29-23/h14-19H,4-13H2,1-3H3/t14-,16-,17+,18+,19+,22+,23-/m0/s1. The van der Waals surface area contributed by atoms with Crippen molar-refractivity contribution in [2.75, 3.05) is 26.2 Å². The minimum absolute atomic E-state index is 0.00277. The van der Waals surface area contributed by atoms with E-state index in [1.54, 1.807) is 0 Å². The molecule has 5 rings (SSSR count). The van der Waals surface area contributed by atoms with Crippen molar-refractivity contribution < 1.29 is 23.8 Å². The lowest BCUT2D eigenvalue weighted by molar-refractivity contribution is -0.150. The van der Waals surface area contributed by atoms with Crippen molar-refractivity contribution in [3.8, 4) is 0 Å². The van der Waals surface area contributed by atoms with Crippen molar-refractivity contribution in [2.24, 2.45) is 29.1 Å². The van der Waals surface area contributed by atoms with Crippen LogP contribution in [0, 0.1) is 29.1 Å². The van der Waals surface area contributed by atoms with Crippen molar-refractivity contribution in [1.82, 2.24) is 4.90 Å². The number of epoxide rings is 1. The zero-order valence-electron chi connectivity index (χ0n) is 18.0. The number of rotatable bonds is 4. The van der Waals surface area contributed by atoms with E-state index in [-0.39, 0.29) is 52.9 Å². The molecule has 1 spiro atoms. The monoisotopic (exact) mass is 405 g/mol. The van der Waals surface area contributed by atoms with Gasteiger partial charge in [-0.05, 0) is 58.0 Å². The molecule has 3 aliphatic heterocycles. The van der Waals surface area contributed by atoms with Crippen LogP contribution in [0.5, 0.6) is 0 Å². The number of carbonyl (C=O) groups excluding carboxylic acids is 2. The summed E-state index contributed by atoms with van der Waals surface area (Å²) in [5.41, 5.74) is 0.110. The van der Waals surface area contributed by atoms with Gasteiger partial charge in [0.25, 0.3) is 0 Å². The van der Waals surface area contributed by atoms with Crippen molar-refractivity contribution in [3.05, 3.63) is 0 Å². The van der Waals surface area contributed by atoms with Gasteiger partial charge in [-0.2, -0.15) is 0 Å². The Labute approximate surface area is 173 Å². The number of piperidine rings is 1. The first-order valence-electron chi connectivity index (χ1n) is 11.7. The van der Waals surface area contributed by atoms with Crippen molar-refractivity contribution in [2.45, 2.75) is 77.1 Å². The number of esters is 2. The lowest BCUT2D eigenvalue weighted by Crippen LogP contribution is -2.54. The summed E-state index contributed by atoms with van der Waals surface area (Å²) >= 11 is 0. The second-order valence-corrected chi connectivity index (χ2v) is 10.4. The van der Waals surface area contributed by atoms with Gasteiger partial charge in [-0.1, -0.05) is 20.3 Å². The zero-order chi connectivity index (χ0) is 20.4. The van der Waals surface area contributed by atoms with Crippen LogP contribution in [-0.4, -0.2) is 60.9 Å². The van der Waals surface area contributed by atoms with Gasteiger partial charge in [0, 0.05) is 17.9 Å². The van der Waals surface area contributed by atoms with Crippen molar-refractivity contribution in [1.29, 1.82) is 0 Å². The molecule has 3 saturated heterocycles. The third-order valence-electron chi connectivity index (χ3n) is 8.86. The van der Waals surface area contributed by atoms with Gasteiger partial charge in [0.05, 0.1) is 24.5 Å². The molecule has 0 aromatic rings. The summed E-state index contributed by atoms with van der Waals surface area (Å²) in [5.74, 6) is 0.555. The van der Waals surface area contributed by atoms with Gasteiger partial charge in [-0.15, -0.1) is 0 Å². The Morgan fingerprint density at radius 3 is 2.76 bits per heavy atom. The van der Waals surface area contributed by atoms with Gasteiger partial charge in [-0.25, -0.2) is 0 Å². The van der Waals surface area contributed by atoms with Gasteiger partial charge in [-0.3, -0.25) is 9.59 Å². The molecule has 0 amide bonds.